The molecule has 3 heterocycles. The van der Waals surface area contributed by atoms with Crippen LogP contribution in [0, 0.1) is 5.92 Å². The van der Waals surface area contributed by atoms with Crippen molar-refractivity contribution in [2.24, 2.45) is 5.92 Å². The molecule has 26 heavy (non-hydrogen) atoms. The number of aromatic nitrogens is 2. The van der Waals surface area contributed by atoms with Crippen molar-refractivity contribution in [2.75, 3.05) is 19.7 Å². The third kappa shape index (κ3) is 3.87. The zero-order valence-corrected chi connectivity index (χ0v) is 15.8. The van der Waals surface area contributed by atoms with Crippen molar-refractivity contribution < 1.29 is 17.9 Å². The second kappa shape index (κ2) is 7.68. The lowest BCUT2D eigenvalue weighted by Gasteiger charge is -2.30. The summed E-state index contributed by atoms with van der Waals surface area (Å²) in [5, 5.41) is 6.25. The molecule has 0 radical (unpaired) electrons. The molecule has 1 atom stereocenters. The molecular weight excluding hydrogens is 378 g/mol. The van der Waals surface area contributed by atoms with Crippen LogP contribution in [0.25, 0.3) is 10.6 Å². The number of sulfonamides is 1. The summed E-state index contributed by atoms with van der Waals surface area (Å²) in [5.41, 5.74) is 0.176. The van der Waals surface area contributed by atoms with Gasteiger partial charge in [-0.15, -0.1) is 11.3 Å². The highest BCUT2D eigenvalue weighted by molar-refractivity contribution is 7.91. The maximum absolute atomic E-state index is 12.9. The SMILES string of the molecule is CCOC(=O)C1CCCN(S(=O)(=O)c2ccc(-c3ccc(=O)[nH]n3)s2)C1. The number of thiophene rings is 1. The van der Waals surface area contributed by atoms with Crippen molar-refractivity contribution in [1.29, 1.82) is 0 Å². The number of ether oxygens (including phenoxy) is 1. The van der Waals surface area contributed by atoms with Crippen molar-refractivity contribution in [3.05, 3.63) is 34.6 Å². The topological polar surface area (TPSA) is 109 Å². The molecule has 140 valence electrons. The number of esters is 1. The normalized spacial score (nSPS) is 18.6. The second-order valence-corrected chi connectivity index (χ2v) is 9.13. The monoisotopic (exact) mass is 397 g/mol. The highest BCUT2D eigenvalue weighted by Gasteiger charge is 2.34. The number of rotatable bonds is 5. The van der Waals surface area contributed by atoms with E-state index in [9.17, 15) is 18.0 Å². The Labute approximate surface area is 154 Å². The zero-order valence-electron chi connectivity index (χ0n) is 14.2. The van der Waals surface area contributed by atoms with Crippen LogP contribution in [-0.4, -0.2) is 48.6 Å². The maximum atomic E-state index is 12.9. The van der Waals surface area contributed by atoms with Gasteiger partial charge in [0.1, 0.15) is 9.90 Å². The fourth-order valence-electron chi connectivity index (χ4n) is 2.82. The van der Waals surface area contributed by atoms with E-state index >= 15 is 0 Å². The molecule has 2 aromatic rings. The standard InChI is InChI=1S/C16H19N3O5S2/c1-2-24-16(21)11-4-3-9-19(10-11)26(22,23)15-8-6-13(25-15)12-5-7-14(20)18-17-12/h5-8,11H,2-4,9-10H2,1H3,(H,18,20). The van der Waals surface area contributed by atoms with Gasteiger partial charge in [-0.2, -0.15) is 9.40 Å². The number of H-pyrrole nitrogens is 1. The molecule has 0 aromatic carbocycles. The molecule has 0 bridgehead atoms. The van der Waals surface area contributed by atoms with Gasteiger partial charge >= 0.3 is 5.97 Å². The van der Waals surface area contributed by atoms with Gasteiger partial charge < -0.3 is 4.74 Å². The molecule has 1 aliphatic heterocycles. The van der Waals surface area contributed by atoms with Crippen LogP contribution >= 0.6 is 11.3 Å². The Bertz CT molecular complexity index is 930. The average Bonchev–Trinajstić information content (AvgIpc) is 3.13. The number of hydrogen-bond donors (Lipinski definition) is 1. The molecule has 0 saturated carbocycles. The number of nitrogens with one attached hydrogen (secondary N) is 1. The van der Waals surface area contributed by atoms with Gasteiger partial charge in [0.2, 0.25) is 0 Å². The molecule has 1 saturated heterocycles. The quantitative estimate of drug-likeness (QED) is 0.765. The van der Waals surface area contributed by atoms with Crippen LogP contribution < -0.4 is 5.56 Å². The Morgan fingerprint density at radius 3 is 2.88 bits per heavy atom. The van der Waals surface area contributed by atoms with E-state index in [2.05, 4.69) is 10.2 Å². The van der Waals surface area contributed by atoms with Crippen LogP contribution in [0.15, 0.2) is 33.3 Å². The maximum Gasteiger partial charge on any atom is 0.310 e. The van der Waals surface area contributed by atoms with Gasteiger partial charge in [-0.05, 0) is 38.0 Å². The number of carbonyl (C=O) groups excluding carboxylic acids is 1. The fraction of sp³-hybridized carbons (Fsp3) is 0.438. The van der Waals surface area contributed by atoms with Gasteiger partial charge in [-0.1, -0.05) is 0 Å². The number of aromatic amines is 1. The minimum absolute atomic E-state index is 0.130. The van der Waals surface area contributed by atoms with E-state index in [0.29, 0.717) is 30.0 Å². The molecule has 1 fully saturated rings. The molecule has 10 heteroatoms. The van der Waals surface area contributed by atoms with Gasteiger partial charge in [0, 0.05) is 19.2 Å². The van der Waals surface area contributed by atoms with Crippen molar-refractivity contribution in [3.8, 4) is 10.6 Å². The summed E-state index contributed by atoms with van der Waals surface area (Å²) in [6.07, 6.45) is 1.24. The third-order valence-corrected chi connectivity index (χ3v) is 7.55. The lowest BCUT2D eigenvalue weighted by molar-refractivity contribution is -0.149. The van der Waals surface area contributed by atoms with Crippen LogP contribution in [-0.2, 0) is 19.6 Å². The predicted molar refractivity (Wildman–Crippen MR) is 96.3 cm³/mol. The Morgan fingerprint density at radius 2 is 2.19 bits per heavy atom. The molecular formula is C16H19N3O5S2. The van der Waals surface area contributed by atoms with Gasteiger partial charge in [-0.3, -0.25) is 9.59 Å². The molecule has 1 unspecified atom stereocenters. The Kier molecular flexibility index (Phi) is 5.54. The lowest BCUT2D eigenvalue weighted by Crippen LogP contribution is -2.42. The van der Waals surface area contributed by atoms with E-state index in [0.717, 1.165) is 11.3 Å². The minimum Gasteiger partial charge on any atom is -0.466 e. The van der Waals surface area contributed by atoms with Crippen LogP contribution in [0.2, 0.25) is 0 Å². The summed E-state index contributed by atoms with van der Waals surface area (Å²) in [5.74, 6) is -0.782. The smallest absolute Gasteiger partial charge is 0.310 e. The zero-order chi connectivity index (χ0) is 18.7. The molecule has 1 N–H and O–H groups in total. The van der Waals surface area contributed by atoms with Gasteiger partial charge in [0.05, 0.1) is 17.4 Å². The Balaban J connectivity index is 1.81. The van der Waals surface area contributed by atoms with Crippen LogP contribution in [0.5, 0.6) is 0 Å². The fourth-order valence-corrected chi connectivity index (χ4v) is 5.77. The first-order valence-corrected chi connectivity index (χ1v) is 10.5. The number of nitrogens with zero attached hydrogens (tertiary/aromatic N) is 2. The average molecular weight is 397 g/mol. The molecule has 2 aromatic heterocycles. The highest BCUT2D eigenvalue weighted by atomic mass is 32.2. The number of hydrogen-bond acceptors (Lipinski definition) is 7. The Hall–Kier alpha value is -2.04. The van der Waals surface area contributed by atoms with E-state index in [-0.39, 0.29) is 28.9 Å². The molecule has 3 rings (SSSR count). The van der Waals surface area contributed by atoms with E-state index in [1.807, 2.05) is 0 Å². The van der Waals surface area contributed by atoms with E-state index in [1.54, 1.807) is 19.1 Å². The summed E-state index contributed by atoms with van der Waals surface area (Å²) in [4.78, 5) is 23.7. The number of piperidine rings is 1. The van der Waals surface area contributed by atoms with E-state index < -0.39 is 15.9 Å². The van der Waals surface area contributed by atoms with E-state index in [1.165, 1.54) is 16.4 Å². The van der Waals surface area contributed by atoms with Gasteiger partial charge in [0.15, 0.2) is 0 Å². The lowest BCUT2D eigenvalue weighted by atomic mass is 10.0. The molecule has 0 amide bonds. The highest BCUT2D eigenvalue weighted by Crippen LogP contribution is 2.32. The van der Waals surface area contributed by atoms with Crippen LogP contribution in [0.3, 0.4) is 0 Å². The summed E-state index contributed by atoms with van der Waals surface area (Å²) < 4.78 is 32.4. The molecule has 1 aliphatic rings. The van der Waals surface area contributed by atoms with Crippen molar-refractivity contribution in [1.82, 2.24) is 14.5 Å². The Morgan fingerprint density at radius 1 is 1.38 bits per heavy atom. The molecule has 0 spiro atoms. The summed E-state index contributed by atoms with van der Waals surface area (Å²) in [7, 11) is -3.69. The first kappa shape index (κ1) is 18.7. The van der Waals surface area contributed by atoms with E-state index in [4.69, 9.17) is 4.74 Å². The minimum atomic E-state index is -3.69. The number of carbonyl (C=O) groups is 1. The molecule has 8 nitrogen and oxygen atoms in total. The van der Waals surface area contributed by atoms with Crippen molar-refractivity contribution >= 4 is 27.3 Å². The summed E-state index contributed by atoms with van der Waals surface area (Å²) in [6.45, 7) is 2.52. The van der Waals surface area contributed by atoms with Gasteiger partial charge in [-0.25, -0.2) is 13.5 Å². The summed E-state index contributed by atoms with van der Waals surface area (Å²) in [6, 6.07) is 6.06. The first-order valence-electron chi connectivity index (χ1n) is 8.24. The van der Waals surface area contributed by atoms with Gasteiger partial charge in [0.25, 0.3) is 15.6 Å². The van der Waals surface area contributed by atoms with Crippen LogP contribution in [0.1, 0.15) is 19.8 Å². The third-order valence-electron chi connectivity index (χ3n) is 4.11. The predicted octanol–water partition coefficient (Wildman–Crippen LogP) is 1.46. The van der Waals surface area contributed by atoms with Crippen molar-refractivity contribution in [2.45, 2.75) is 24.0 Å². The largest absolute Gasteiger partial charge is 0.466 e. The second-order valence-electron chi connectivity index (χ2n) is 5.88. The summed E-state index contributed by atoms with van der Waals surface area (Å²) >= 11 is 1.08. The molecule has 0 aliphatic carbocycles. The first-order chi connectivity index (χ1) is 12.4. The van der Waals surface area contributed by atoms with Crippen molar-refractivity contribution in [3.63, 3.8) is 0 Å². The van der Waals surface area contributed by atoms with Crippen LogP contribution in [0.4, 0.5) is 0 Å².